The van der Waals surface area contributed by atoms with Gasteiger partial charge in [0, 0.05) is 18.4 Å². The first-order valence-corrected chi connectivity index (χ1v) is 6.73. The quantitative estimate of drug-likeness (QED) is 0.825. The number of rotatable bonds is 5. The molecule has 0 bridgehead atoms. The van der Waals surface area contributed by atoms with Crippen LogP contribution in [0.4, 0.5) is 0 Å². The van der Waals surface area contributed by atoms with Gasteiger partial charge in [0.1, 0.15) is 5.75 Å². The summed E-state index contributed by atoms with van der Waals surface area (Å²) < 4.78 is 10.2. The summed E-state index contributed by atoms with van der Waals surface area (Å²) in [5.41, 5.74) is 8.67. The van der Waals surface area contributed by atoms with E-state index in [4.69, 9.17) is 15.2 Å². The molecule has 4 nitrogen and oxygen atoms in total. The highest BCUT2D eigenvalue weighted by molar-refractivity contribution is 5.69. The molecule has 4 heteroatoms. The van der Waals surface area contributed by atoms with Gasteiger partial charge in [-0.05, 0) is 43.0 Å². The van der Waals surface area contributed by atoms with Gasteiger partial charge in [-0.15, -0.1) is 0 Å². The molecule has 0 saturated heterocycles. The molecule has 0 spiro atoms. The maximum atomic E-state index is 11.5. The third-order valence-corrected chi connectivity index (χ3v) is 3.69. The molecule has 1 aromatic carbocycles. The number of esters is 1. The summed E-state index contributed by atoms with van der Waals surface area (Å²) in [6.07, 6.45) is 2.02. The summed E-state index contributed by atoms with van der Waals surface area (Å²) in [7, 11) is 1.66. The van der Waals surface area contributed by atoms with Gasteiger partial charge < -0.3 is 15.2 Å². The number of hydrogen-bond acceptors (Lipinski definition) is 4. The Balaban J connectivity index is 2.08. The van der Waals surface area contributed by atoms with Crippen LogP contribution in [0.15, 0.2) is 18.2 Å². The Hall–Kier alpha value is -1.55. The van der Waals surface area contributed by atoms with Crippen molar-refractivity contribution in [2.75, 3.05) is 13.7 Å². The summed E-state index contributed by atoms with van der Waals surface area (Å²) in [5, 5.41) is 0. The second-order valence-corrected chi connectivity index (χ2v) is 4.88. The van der Waals surface area contributed by atoms with E-state index < -0.39 is 0 Å². The Morgan fingerprint density at radius 2 is 2.26 bits per heavy atom. The van der Waals surface area contributed by atoms with Crippen LogP contribution < -0.4 is 10.5 Å². The first-order valence-electron chi connectivity index (χ1n) is 6.73. The topological polar surface area (TPSA) is 61.5 Å². The summed E-state index contributed by atoms with van der Waals surface area (Å²) in [4.78, 5) is 11.5. The van der Waals surface area contributed by atoms with Gasteiger partial charge in [-0.1, -0.05) is 6.07 Å². The lowest BCUT2D eigenvalue weighted by atomic mass is 9.93. The zero-order valence-corrected chi connectivity index (χ0v) is 11.5. The smallest absolute Gasteiger partial charge is 0.305 e. The minimum absolute atomic E-state index is 0.0801. The lowest BCUT2D eigenvalue weighted by molar-refractivity contribution is -0.143. The van der Waals surface area contributed by atoms with Crippen LogP contribution in [0.25, 0.3) is 0 Å². The van der Waals surface area contributed by atoms with E-state index in [-0.39, 0.29) is 17.9 Å². The van der Waals surface area contributed by atoms with Crippen molar-refractivity contribution in [3.05, 3.63) is 29.3 Å². The van der Waals surface area contributed by atoms with Gasteiger partial charge in [0.25, 0.3) is 0 Å². The molecule has 2 unspecified atom stereocenters. The van der Waals surface area contributed by atoms with Crippen molar-refractivity contribution < 1.29 is 14.3 Å². The first-order chi connectivity index (χ1) is 9.15. The van der Waals surface area contributed by atoms with E-state index >= 15 is 0 Å². The Morgan fingerprint density at radius 3 is 2.95 bits per heavy atom. The number of carbonyl (C=O) groups excluding carboxylic acids is 1. The van der Waals surface area contributed by atoms with E-state index in [1.54, 1.807) is 7.11 Å². The van der Waals surface area contributed by atoms with E-state index in [0.717, 1.165) is 18.6 Å². The molecule has 2 N–H and O–H groups in total. The molecule has 2 atom stereocenters. The normalized spacial score (nSPS) is 21.0. The molecule has 19 heavy (non-hydrogen) atoms. The van der Waals surface area contributed by atoms with Crippen LogP contribution in [0.1, 0.15) is 36.8 Å². The second-order valence-electron chi connectivity index (χ2n) is 4.88. The van der Waals surface area contributed by atoms with Crippen molar-refractivity contribution in [3.8, 4) is 5.75 Å². The van der Waals surface area contributed by atoms with Crippen LogP contribution in [0.3, 0.4) is 0 Å². The maximum absolute atomic E-state index is 11.5. The molecule has 2 rings (SSSR count). The molecule has 1 aromatic rings. The minimum Gasteiger partial charge on any atom is -0.497 e. The Morgan fingerprint density at radius 1 is 1.47 bits per heavy atom. The highest BCUT2D eigenvalue weighted by atomic mass is 16.5. The first kappa shape index (κ1) is 13.9. The molecular weight excluding hydrogens is 242 g/mol. The third-order valence-electron chi connectivity index (χ3n) is 3.69. The molecule has 104 valence electrons. The zero-order valence-electron chi connectivity index (χ0n) is 11.5. The number of nitrogens with two attached hydrogens (primary N) is 1. The molecule has 0 radical (unpaired) electrons. The molecule has 0 aliphatic heterocycles. The fourth-order valence-corrected chi connectivity index (χ4v) is 2.73. The standard InChI is InChI=1S/C15H21NO3/c1-3-19-15(17)7-6-12-13-9-11(18-2)5-4-10(13)8-14(12)16/h4-5,9,12,14H,3,6-8,16H2,1-2H3. The Kier molecular flexibility index (Phi) is 4.43. The predicted molar refractivity (Wildman–Crippen MR) is 73.3 cm³/mol. The second kappa shape index (κ2) is 6.06. The molecule has 0 saturated carbocycles. The minimum atomic E-state index is -0.147. The fourth-order valence-electron chi connectivity index (χ4n) is 2.73. The number of fused-ring (bicyclic) bond motifs is 1. The van der Waals surface area contributed by atoms with Crippen LogP contribution in [-0.2, 0) is 16.0 Å². The number of ether oxygens (including phenoxy) is 2. The number of hydrogen-bond donors (Lipinski definition) is 1. The van der Waals surface area contributed by atoms with Crippen molar-refractivity contribution in [1.82, 2.24) is 0 Å². The van der Waals surface area contributed by atoms with E-state index in [0.29, 0.717) is 13.0 Å². The van der Waals surface area contributed by atoms with Crippen molar-refractivity contribution in [2.24, 2.45) is 5.73 Å². The van der Waals surface area contributed by atoms with Crippen LogP contribution in [-0.4, -0.2) is 25.7 Å². The number of benzene rings is 1. The molecule has 1 aliphatic rings. The van der Waals surface area contributed by atoms with E-state index in [1.807, 2.05) is 19.1 Å². The fraction of sp³-hybridized carbons (Fsp3) is 0.533. The van der Waals surface area contributed by atoms with Crippen LogP contribution in [0, 0.1) is 0 Å². The maximum Gasteiger partial charge on any atom is 0.305 e. The van der Waals surface area contributed by atoms with E-state index in [1.165, 1.54) is 11.1 Å². The number of carbonyl (C=O) groups is 1. The lowest BCUT2D eigenvalue weighted by Gasteiger charge is -2.16. The van der Waals surface area contributed by atoms with E-state index in [9.17, 15) is 4.79 Å². The molecule has 0 heterocycles. The van der Waals surface area contributed by atoms with Crippen LogP contribution in [0.2, 0.25) is 0 Å². The van der Waals surface area contributed by atoms with Gasteiger partial charge in [0.2, 0.25) is 0 Å². The van der Waals surface area contributed by atoms with Crippen molar-refractivity contribution in [1.29, 1.82) is 0 Å². The Labute approximate surface area is 113 Å². The van der Waals surface area contributed by atoms with Gasteiger partial charge >= 0.3 is 5.97 Å². The van der Waals surface area contributed by atoms with E-state index in [2.05, 4.69) is 6.07 Å². The summed E-state index contributed by atoms with van der Waals surface area (Å²) in [6, 6.07) is 6.15. The average Bonchev–Trinajstić information content (AvgIpc) is 2.71. The van der Waals surface area contributed by atoms with Crippen LogP contribution in [0.5, 0.6) is 5.75 Å². The third kappa shape index (κ3) is 3.07. The molecule has 0 aromatic heterocycles. The average molecular weight is 263 g/mol. The molecule has 0 amide bonds. The number of methoxy groups -OCH3 is 1. The van der Waals surface area contributed by atoms with Gasteiger partial charge in [-0.3, -0.25) is 4.79 Å². The molecule has 0 fully saturated rings. The largest absolute Gasteiger partial charge is 0.497 e. The lowest BCUT2D eigenvalue weighted by Crippen LogP contribution is -2.25. The monoisotopic (exact) mass is 263 g/mol. The molecule has 1 aliphatic carbocycles. The van der Waals surface area contributed by atoms with Crippen molar-refractivity contribution >= 4 is 5.97 Å². The Bertz CT molecular complexity index is 459. The van der Waals surface area contributed by atoms with Gasteiger partial charge in [0.05, 0.1) is 13.7 Å². The molecular formula is C15H21NO3. The highest BCUT2D eigenvalue weighted by Gasteiger charge is 2.30. The van der Waals surface area contributed by atoms with Gasteiger partial charge in [-0.25, -0.2) is 0 Å². The van der Waals surface area contributed by atoms with Crippen LogP contribution >= 0.6 is 0 Å². The predicted octanol–water partition coefficient (Wildman–Crippen LogP) is 2.01. The van der Waals surface area contributed by atoms with Crippen molar-refractivity contribution in [3.63, 3.8) is 0 Å². The summed E-state index contributed by atoms with van der Waals surface area (Å²) >= 11 is 0. The van der Waals surface area contributed by atoms with Crippen molar-refractivity contribution in [2.45, 2.75) is 38.1 Å². The summed E-state index contributed by atoms with van der Waals surface area (Å²) in [6.45, 7) is 2.25. The highest BCUT2D eigenvalue weighted by Crippen LogP contribution is 2.37. The SMILES string of the molecule is CCOC(=O)CCC1c2cc(OC)ccc2CC1N. The van der Waals surface area contributed by atoms with Gasteiger partial charge in [0.15, 0.2) is 0 Å². The van der Waals surface area contributed by atoms with Gasteiger partial charge in [-0.2, -0.15) is 0 Å². The zero-order chi connectivity index (χ0) is 13.8. The summed E-state index contributed by atoms with van der Waals surface area (Å²) in [5.74, 6) is 0.912.